The van der Waals surface area contributed by atoms with Gasteiger partial charge in [0, 0.05) is 34.3 Å². The molecule has 1 atom stereocenters. The van der Waals surface area contributed by atoms with E-state index in [1.165, 1.54) is 0 Å². The molecule has 4 nitrogen and oxygen atoms in total. The van der Waals surface area contributed by atoms with E-state index in [1.54, 1.807) is 12.3 Å². The summed E-state index contributed by atoms with van der Waals surface area (Å²) in [6.45, 7) is 3.90. The Hall–Kier alpha value is -1.65. The molecule has 0 spiro atoms. The van der Waals surface area contributed by atoms with Crippen LogP contribution in [0.1, 0.15) is 43.0 Å². The highest BCUT2D eigenvalue weighted by molar-refractivity contribution is 6.33. The lowest BCUT2D eigenvalue weighted by Gasteiger charge is -2.36. The van der Waals surface area contributed by atoms with E-state index in [2.05, 4.69) is 22.4 Å². The number of aromatic amines is 1. The second-order valence-electron chi connectivity index (χ2n) is 6.30. The molecular formula is C18H22ClN3O. The maximum atomic E-state index is 13.2. The highest BCUT2D eigenvalue weighted by Gasteiger charge is 2.39. The summed E-state index contributed by atoms with van der Waals surface area (Å²) < 4.78 is 0. The summed E-state index contributed by atoms with van der Waals surface area (Å²) in [5.74, 6) is 0.226. The predicted molar refractivity (Wildman–Crippen MR) is 92.8 cm³/mol. The fourth-order valence-electron chi connectivity index (χ4n) is 3.55. The van der Waals surface area contributed by atoms with Crippen molar-refractivity contribution in [2.24, 2.45) is 5.41 Å². The van der Waals surface area contributed by atoms with Crippen LogP contribution in [-0.2, 0) is 0 Å². The van der Waals surface area contributed by atoms with Crippen molar-refractivity contribution in [1.29, 1.82) is 0 Å². The van der Waals surface area contributed by atoms with Crippen LogP contribution in [0, 0.1) is 5.41 Å². The van der Waals surface area contributed by atoms with Crippen LogP contribution >= 0.6 is 11.6 Å². The first kappa shape index (κ1) is 16.2. The zero-order valence-corrected chi connectivity index (χ0v) is 14.1. The van der Waals surface area contributed by atoms with Crippen molar-refractivity contribution in [3.63, 3.8) is 0 Å². The van der Waals surface area contributed by atoms with Crippen molar-refractivity contribution >= 4 is 17.4 Å². The number of carbonyl (C=O) groups excluding carboxylic acids is 1. The second-order valence-corrected chi connectivity index (χ2v) is 6.71. The molecule has 5 heteroatoms. The Kier molecular flexibility index (Phi) is 4.83. The zero-order valence-electron chi connectivity index (χ0n) is 13.4. The van der Waals surface area contributed by atoms with E-state index in [1.807, 2.05) is 18.2 Å². The van der Waals surface area contributed by atoms with Gasteiger partial charge >= 0.3 is 0 Å². The molecule has 0 saturated carbocycles. The number of piperidine rings is 1. The number of H-pyrrole nitrogens is 1. The first-order valence-corrected chi connectivity index (χ1v) is 8.59. The van der Waals surface area contributed by atoms with Gasteiger partial charge in [-0.3, -0.25) is 9.89 Å². The van der Waals surface area contributed by atoms with Gasteiger partial charge in [-0.25, -0.2) is 0 Å². The average Bonchev–Trinajstić information content (AvgIpc) is 3.10. The van der Waals surface area contributed by atoms with Gasteiger partial charge in [-0.1, -0.05) is 24.9 Å². The molecule has 3 rings (SSSR count). The van der Waals surface area contributed by atoms with Gasteiger partial charge in [0.15, 0.2) is 5.78 Å². The zero-order chi connectivity index (χ0) is 16.3. The van der Waals surface area contributed by atoms with Crippen molar-refractivity contribution in [2.75, 3.05) is 13.1 Å². The van der Waals surface area contributed by atoms with Gasteiger partial charge in [0.1, 0.15) is 0 Å². The van der Waals surface area contributed by atoms with Crippen LogP contribution in [-0.4, -0.2) is 29.1 Å². The van der Waals surface area contributed by atoms with E-state index in [9.17, 15) is 4.79 Å². The van der Waals surface area contributed by atoms with Crippen molar-refractivity contribution in [3.05, 3.63) is 41.0 Å². The van der Waals surface area contributed by atoms with E-state index in [4.69, 9.17) is 11.6 Å². The smallest absolute Gasteiger partial charge is 0.170 e. The summed E-state index contributed by atoms with van der Waals surface area (Å²) in [6.07, 6.45) is 5.61. The Morgan fingerprint density at radius 1 is 1.39 bits per heavy atom. The second kappa shape index (κ2) is 6.85. The van der Waals surface area contributed by atoms with Crippen LogP contribution < -0.4 is 5.32 Å². The van der Waals surface area contributed by atoms with E-state index in [0.717, 1.165) is 55.6 Å². The lowest BCUT2D eigenvalue weighted by molar-refractivity contribution is 0.0718. The van der Waals surface area contributed by atoms with Crippen molar-refractivity contribution in [2.45, 2.75) is 32.6 Å². The van der Waals surface area contributed by atoms with Gasteiger partial charge in [0.05, 0.1) is 5.69 Å². The van der Waals surface area contributed by atoms with Gasteiger partial charge in [-0.15, -0.1) is 0 Å². The summed E-state index contributed by atoms with van der Waals surface area (Å²) >= 11 is 6.30. The Balaban J connectivity index is 1.97. The number of Topliss-reactive ketones (excluding diaryl/α,β-unsaturated/α-hetero) is 1. The van der Waals surface area contributed by atoms with Crippen LogP contribution in [0.2, 0.25) is 5.02 Å². The molecule has 0 amide bonds. The molecule has 1 aliphatic heterocycles. The number of nitrogens with one attached hydrogen (secondary N) is 2. The molecule has 122 valence electrons. The normalized spacial score (nSPS) is 21.3. The van der Waals surface area contributed by atoms with Gasteiger partial charge in [0.2, 0.25) is 0 Å². The molecule has 1 aliphatic rings. The van der Waals surface area contributed by atoms with Crippen LogP contribution in [0.4, 0.5) is 0 Å². The largest absolute Gasteiger partial charge is 0.316 e. The molecule has 2 N–H and O–H groups in total. The molecule has 0 bridgehead atoms. The highest BCUT2D eigenvalue weighted by atomic mass is 35.5. The minimum atomic E-state index is -0.286. The molecule has 1 unspecified atom stereocenters. The molecule has 1 fully saturated rings. The fourth-order valence-corrected chi connectivity index (χ4v) is 3.77. The Labute approximate surface area is 141 Å². The molecule has 1 aromatic heterocycles. The quantitative estimate of drug-likeness (QED) is 0.811. The lowest BCUT2D eigenvalue weighted by Crippen LogP contribution is -2.45. The SMILES string of the molecule is CCCC1(C(=O)c2ccc(Cl)c(-c3ccn[nH]3)c2)CCCNC1. The number of rotatable bonds is 5. The first-order chi connectivity index (χ1) is 11.2. The molecule has 0 radical (unpaired) electrons. The number of ketones is 1. The maximum absolute atomic E-state index is 13.2. The van der Waals surface area contributed by atoms with Gasteiger partial charge in [0.25, 0.3) is 0 Å². The highest BCUT2D eigenvalue weighted by Crippen LogP contribution is 2.37. The van der Waals surface area contributed by atoms with Crippen LogP contribution in [0.15, 0.2) is 30.5 Å². The van der Waals surface area contributed by atoms with Crippen LogP contribution in [0.25, 0.3) is 11.3 Å². The van der Waals surface area contributed by atoms with E-state index in [0.29, 0.717) is 5.02 Å². The van der Waals surface area contributed by atoms with Gasteiger partial charge in [-0.2, -0.15) is 5.10 Å². The molecule has 0 aliphatic carbocycles. The third kappa shape index (κ3) is 3.19. The number of hydrogen-bond donors (Lipinski definition) is 2. The van der Waals surface area contributed by atoms with E-state index >= 15 is 0 Å². The Bertz CT molecular complexity index is 670. The number of carbonyl (C=O) groups is 1. The fraction of sp³-hybridized carbons (Fsp3) is 0.444. The van der Waals surface area contributed by atoms with Gasteiger partial charge in [-0.05, 0) is 50.1 Å². The van der Waals surface area contributed by atoms with Crippen molar-refractivity contribution < 1.29 is 4.79 Å². The third-order valence-electron chi connectivity index (χ3n) is 4.70. The molecule has 2 heterocycles. The maximum Gasteiger partial charge on any atom is 0.170 e. The Morgan fingerprint density at radius 2 is 2.26 bits per heavy atom. The number of halogens is 1. The number of benzene rings is 1. The first-order valence-electron chi connectivity index (χ1n) is 8.21. The minimum absolute atomic E-state index is 0.226. The minimum Gasteiger partial charge on any atom is -0.316 e. The molecule has 23 heavy (non-hydrogen) atoms. The van der Waals surface area contributed by atoms with Crippen molar-refractivity contribution in [3.8, 4) is 11.3 Å². The number of aromatic nitrogens is 2. The molecule has 1 saturated heterocycles. The van der Waals surface area contributed by atoms with Crippen molar-refractivity contribution in [1.82, 2.24) is 15.5 Å². The standard InChI is InChI=1S/C18H22ClN3O/c1-2-7-18(8-3-9-20-12-18)17(23)13-4-5-15(19)14(11-13)16-6-10-21-22-16/h4-6,10-11,20H,2-3,7-9,12H2,1H3,(H,21,22). The molecule has 2 aromatic rings. The van der Waals surface area contributed by atoms with Crippen LogP contribution in [0.3, 0.4) is 0 Å². The third-order valence-corrected chi connectivity index (χ3v) is 5.03. The summed E-state index contributed by atoms with van der Waals surface area (Å²) in [4.78, 5) is 13.2. The summed E-state index contributed by atoms with van der Waals surface area (Å²) in [6, 6.07) is 7.40. The van der Waals surface area contributed by atoms with E-state index < -0.39 is 0 Å². The number of hydrogen-bond acceptors (Lipinski definition) is 3. The number of nitrogens with zero attached hydrogens (tertiary/aromatic N) is 1. The summed E-state index contributed by atoms with van der Waals surface area (Å²) in [5.41, 5.74) is 2.10. The molecule has 1 aromatic carbocycles. The monoisotopic (exact) mass is 331 g/mol. The van der Waals surface area contributed by atoms with Crippen LogP contribution in [0.5, 0.6) is 0 Å². The topological polar surface area (TPSA) is 57.8 Å². The molecular weight excluding hydrogens is 310 g/mol. The predicted octanol–water partition coefficient (Wildman–Crippen LogP) is 4.08. The average molecular weight is 332 g/mol. The Morgan fingerprint density at radius 3 is 2.91 bits per heavy atom. The lowest BCUT2D eigenvalue weighted by atomic mass is 9.71. The van der Waals surface area contributed by atoms with E-state index in [-0.39, 0.29) is 11.2 Å². The summed E-state index contributed by atoms with van der Waals surface area (Å²) in [5, 5.41) is 10.9. The summed E-state index contributed by atoms with van der Waals surface area (Å²) in [7, 11) is 0. The van der Waals surface area contributed by atoms with Gasteiger partial charge < -0.3 is 5.32 Å².